The number of benzene rings is 1. The monoisotopic (exact) mass is 354 g/mol. The second-order valence-electron chi connectivity index (χ2n) is 6.55. The standard InChI is InChI=1S/C22H30N2O2/c1-6-17-14-19(15-20(25)23(7-2)8-3)24(9-4)21(17)22(26)18-12-10-16(5)11-13-18/h10-14H,6-9,15H2,1-5H3. The van der Waals surface area contributed by atoms with E-state index >= 15 is 0 Å². The first-order valence-corrected chi connectivity index (χ1v) is 9.57. The number of amides is 1. The first-order chi connectivity index (χ1) is 12.5. The maximum absolute atomic E-state index is 13.1. The molecular formula is C22H30N2O2. The lowest BCUT2D eigenvalue weighted by molar-refractivity contribution is -0.130. The Hall–Kier alpha value is -2.36. The van der Waals surface area contributed by atoms with Crippen LogP contribution < -0.4 is 0 Å². The van der Waals surface area contributed by atoms with Crippen molar-refractivity contribution in [2.45, 2.75) is 54.0 Å². The van der Waals surface area contributed by atoms with Gasteiger partial charge in [0, 0.05) is 30.9 Å². The normalized spacial score (nSPS) is 10.8. The van der Waals surface area contributed by atoms with Gasteiger partial charge in [-0.15, -0.1) is 0 Å². The SMILES string of the molecule is CCc1cc(CC(=O)N(CC)CC)n(CC)c1C(=O)c1ccc(C)cc1. The summed E-state index contributed by atoms with van der Waals surface area (Å²) >= 11 is 0. The minimum atomic E-state index is 0.0326. The lowest BCUT2D eigenvalue weighted by Gasteiger charge is -2.19. The van der Waals surface area contributed by atoms with E-state index in [1.807, 2.05) is 67.5 Å². The molecule has 1 aromatic carbocycles. The molecule has 0 N–H and O–H groups in total. The highest BCUT2D eigenvalue weighted by Crippen LogP contribution is 2.22. The van der Waals surface area contributed by atoms with Crippen molar-refractivity contribution < 1.29 is 9.59 Å². The number of rotatable bonds is 8. The van der Waals surface area contributed by atoms with Crippen molar-refractivity contribution in [3.05, 3.63) is 58.4 Å². The van der Waals surface area contributed by atoms with E-state index in [0.717, 1.165) is 28.9 Å². The molecule has 0 atom stereocenters. The molecule has 0 aliphatic carbocycles. The second kappa shape index (κ2) is 8.84. The minimum absolute atomic E-state index is 0.0326. The van der Waals surface area contributed by atoms with Crippen LogP contribution in [0.4, 0.5) is 0 Å². The molecule has 0 radical (unpaired) electrons. The molecule has 1 heterocycles. The Morgan fingerprint density at radius 3 is 2.12 bits per heavy atom. The number of hydrogen-bond acceptors (Lipinski definition) is 2. The molecule has 0 saturated heterocycles. The largest absolute Gasteiger partial charge is 0.343 e. The van der Waals surface area contributed by atoms with E-state index in [4.69, 9.17) is 0 Å². The number of aromatic nitrogens is 1. The molecule has 1 aromatic heterocycles. The van der Waals surface area contributed by atoms with Gasteiger partial charge >= 0.3 is 0 Å². The van der Waals surface area contributed by atoms with Gasteiger partial charge in [-0.25, -0.2) is 0 Å². The molecule has 0 spiro atoms. The third-order valence-electron chi connectivity index (χ3n) is 4.94. The zero-order chi connectivity index (χ0) is 19.3. The summed E-state index contributed by atoms with van der Waals surface area (Å²) in [4.78, 5) is 27.5. The molecule has 0 saturated carbocycles. The Morgan fingerprint density at radius 2 is 1.62 bits per heavy atom. The molecule has 4 nitrogen and oxygen atoms in total. The van der Waals surface area contributed by atoms with Gasteiger partial charge in [-0.1, -0.05) is 36.8 Å². The minimum Gasteiger partial charge on any atom is -0.343 e. The van der Waals surface area contributed by atoms with E-state index in [9.17, 15) is 9.59 Å². The Labute approximate surface area is 156 Å². The Kier molecular flexibility index (Phi) is 6.78. The fourth-order valence-corrected chi connectivity index (χ4v) is 3.39. The van der Waals surface area contributed by atoms with Gasteiger partial charge in [0.15, 0.2) is 0 Å². The Balaban J connectivity index is 2.43. The van der Waals surface area contributed by atoms with Crippen LogP contribution in [-0.2, 0) is 24.2 Å². The van der Waals surface area contributed by atoms with Crippen LogP contribution in [0.2, 0.25) is 0 Å². The van der Waals surface area contributed by atoms with Crippen molar-refractivity contribution in [3.8, 4) is 0 Å². The maximum atomic E-state index is 13.1. The number of carbonyl (C=O) groups excluding carboxylic acids is 2. The average Bonchev–Trinajstić information content (AvgIpc) is 3.00. The fourth-order valence-electron chi connectivity index (χ4n) is 3.39. The topological polar surface area (TPSA) is 42.3 Å². The zero-order valence-corrected chi connectivity index (χ0v) is 16.6. The van der Waals surface area contributed by atoms with Crippen molar-refractivity contribution in [1.29, 1.82) is 0 Å². The van der Waals surface area contributed by atoms with Crippen LogP contribution >= 0.6 is 0 Å². The van der Waals surface area contributed by atoms with Gasteiger partial charge in [0.25, 0.3) is 0 Å². The van der Waals surface area contributed by atoms with Crippen molar-refractivity contribution in [2.24, 2.45) is 0 Å². The summed E-state index contributed by atoms with van der Waals surface area (Å²) in [6.45, 7) is 12.2. The van der Waals surface area contributed by atoms with Crippen molar-refractivity contribution in [3.63, 3.8) is 0 Å². The highest BCUT2D eigenvalue weighted by Gasteiger charge is 2.22. The number of ketones is 1. The number of hydrogen-bond donors (Lipinski definition) is 0. The van der Waals surface area contributed by atoms with Gasteiger partial charge in [0.2, 0.25) is 11.7 Å². The van der Waals surface area contributed by atoms with Gasteiger partial charge in [0.05, 0.1) is 12.1 Å². The van der Waals surface area contributed by atoms with Gasteiger partial charge in [-0.2, -0.15) is 0 Å². The molecule has 0 unspecified atom stereocenters. The molecule has 2 rings (SSSR count). The molecule has 0 aliphatic heterocycles. The van der Waals surface area contributed by atoms with Crippen LogP contribution in [0.3, 0.4) is 0 Å². The van der Waals surface area contributed by atoms with E-state index in [1.54, 1.807) is 0 Å². The summed E-state index contributed by atoms with van der Waals surface area (Å²) in [5, 5.41) is 0. The number of aryl methyl sites for hydroxylation is 2. The highest BCUT2D eigenvalue weighted by molar-refractivity contribution is 6.09. The molecule has 0 aliphatic rings. The van der Waals surface area contributed by atoms with E-state index in [1.165, 1.54) is 0 Å². The number of nitrogens with zero attached hydrogens (tertiary/aromatic N) is 2. The van der Waals surface area contributed by atoms with E-state index in [0.29, 0.717) is 31.6 Å². The molecule has 2 aromatic rings. The van der Waals surface area contributed by atoms with E-state index < -0.39 is 0 Å². The highest BCUT2D eigenvalue weighted by atomic mass is 16.2. The third kappa shape index (κ3) is 4.06. The average molecular weight is 354 g/mol. The van der Waals surface area contributed by atoms with E-state index in [-0.39, 0.29) is 11.7 Å². The summed E-state index contributed by atoms with van der Waals surface area (Å²) in [6.07, 6.45) is 1.11. The van der Waals surface area contributed by atoms with Gasteiger partial charge in [-0.3, -0.25) is 9.59 Å². The smallest absolute Gasteiger partial charge is 0.228 e. The van der Waals surface area contributed by atoms with Crippen LogP contribution in [0.1, 0.15) is 60.6 Å². The molecule has 0 fully saturated rings. The molecule has 140 valence electrons. The van der Waals surface area contributed by atoms with Crippen molar-refractivity contribution >= 4 is 11.7 Å². The second-order valence-corrected chi connectivity index (χ2v) is 6.55. The molecular weight excluding hydrogens is 324 g/mol. The lowest BCUT2D eigenvalue weighted by Crippen LogP contribution is -2.32. The van der Waals surface area contributed by atoms with E-state index in [2.05, 4.69) is 6.92 Å². The number of carbonyl (C=O) groups is 2. The molecule has 26 heavy (non-hydrogen) atoms. The van der Waals surface area contributed by atoms with Gasteiger partial charge in [0.1, 0.15) is 0 Å². The maximum Gasteiger partial charge on any atom is 0.228 e. The first-order valence-electron chi connectivity index (χ1n) is 9.57. The van der Waals surface area contributed by atoms with Crippen LogP contribution in [0.25, 0.3) is 0 Å². The fraction of sp³-hybridized carbons (Fsp3) is 0.455. The predicted molar refractivity (Wildman–Crippen MR) is 106 cm³/mol. The zero-order valence-electron chi connectivity index (χ0n) is 16.6. The summed E-state index contributed by atoms with van der Waals surface area (Å²) in [5.74, 6) is 0.143. The van der Waals surface area contributed by atoms with Crippen LogP contribution in [0, 0.1) is 6.92 Å². The van der Waals surface area contributed by atoms with Gasteiger partial charge in [-0.05, 0) is 45.7 Å². The van der Waals surface area contributed by atoms with Crippen LogP contribution in [0.5, 0.6) is 0 Å². The summed E-state index contributed by atoms with van der Waals surface area (Å²) < 4.78 is 2.02. The molecule has 1 amide bonds. The van der Waals surface area contributed by atoms with Crippen molar-refractivity contribution in [2.75, 3.05) is 13.1 Å². The predicted octanol–water partition coefficient (Wildman–Crippen LogP) is 4.02. The Bertz CT molecular complexity index is 768. The quantitative estimate of drug-likeness (QED) is 0.672. The lowest BCUT2D eigenvalue weighted by atomic mass is 10.0. The molecule has 4 heteroatoms. The van der Waals surface area contributed by atoms with Gasteiger partial charge < -0.3 is 9.47 Å². The first kappa shape index (κ1) is 20.0. The summed E-state index contributed by atoms with van der Waals surface area (Å²) in [7, 11) is 0. The Morgan fingerprint density at radius 1 is 1.00 bits per heavy atom. The van der Waals surface area contributed by atoms with Crippen molar-refractivity contribution in [1.82, 2.24) is 9.47 Å². The third-order valence-corrected chi connectivity index (χ3v) is 4.94. The molecule has 0 bridgehead atoms. The summed E-state index contributed by atoms with van der Waals surface area (Å²) in [6, 6.07) is 9.72. The van der Waals surface area contributed by atoms with Crippen LogP contribution in [0.15, 0.2) is 30.3 Å². The number of likely N-dealkylation sites (N-methyl/N-ethyl adjacent to an activating group) is 1. The summed E-state index contributed by atoms with van der Waals surface area (Å²) in [5.41, 5.74) is 4.49. The van der Waals surface area contributed by atoms with Crippen LogP contribution in [-0.4, -0.2) is 34.2 Å².